The molecule has 6 heteroatoms. The molecule has 2 heterocycles. The summed E-state index contributed by atoms with van der Waals surface area (Å²) in [6.45, 7) is 0. The minimum absolute atomic E-state index is 0.127. The molecule has 20 heavy (non-hydrogen) atoms. The van der Waals surface area contributed by atoms with E-state index in [0.717, 1.165) is 26.5 Å². The number of anilines is 2. The Balaban J connectivity index is 1.76. The lowest BCUT2D eigenvalue weighted by molar-refractivity contribution is 0.260. The second kappa shape index (κ2) is 4.50. The molecule has 2 amide bonds. The van der Waals surface area contributed by atoms with E-state index in [1.54, 1.807) is 15.6 Å². The van der Waals surface area contributed by atoms with E-state index in [-0.39, 0.29) is 6.03 Å². The van der Waals surface area contributed by atoms with E-state index in [9.17, 15) is 4.79 Å². The molecular weight excluding hydrogens is 290 g/mol. The molecule has 0 saturated heterocycles. The van der Waals surface area contributed by atoms with Gasteiger partial charge in [0.05, 0.1) is 32.0 Å². The first-order valence-corrected chi connectivity index (χ1v) is 7.68. The topological polar surface area (TPSA) is 45.2 Å². The molecule has 2 aromatic carbocycles. The van der Waals surface area contributed by atoms with Crippen LogP contribution in [0.4, 0.5) is 16.2 Å². The molecule has 1 aromatic heterocycles. The number of carbonyl (C=O) groups is 1. The third-order valence-corrected chi connectivity index (χ3v) is 4.96. The van der Waals surface area contributed by atoms with Crippen molar-refractivity contribution in [2.75, 3.05) is 9.62 Å². The lowest BCUT2D eigenvalue weighted by atomic mass is 10.3. The Bertz CT molecular complexity index is 815. The maximum absolute atomic E-state index is 12.2. The van der Waals surface area contributed by atoms with E-state index >= 15 is 0 Å². The third kappa shape index (κ3) is 1.85. The van der Waals surface area contributed by atoms with Crippen LogP contribution in [-0.4, -0.2) is 11.0 Å². The van der Waals surface area contributed by atoms with Crippen LogP contribution in [-0.2, 0) is 0 Å². The number of fused-ring (bicyclic) bond motifs is 2. The van der Waals surface area contributed by atoms with Gasteiger partial charge in [-0.15, -0.1) is 11.3 Å². The summed E-state index contributed by atoms with van der Waals surface area (Å²) in [5.41, 5.74) is 4.49. The van der Waals surface area contributed by atoms with Gasteiger partial charge in [-0.3, -0.25) is 0 Å². The highest BCUT2D eigenvalue weighted by atomic mass is 32.2. The van der Waals surface area contributed by atoms with Crippen LogP contribution in [0, 0.1) is 0 Å². The van der Waals surface area contributed by atoms with E-state index < -0.39 is 0 Å². The number of hydrogen-bond acceptors (Lipinski definition) is 4. The molecule has 0 atom stereocenters. The first-order chi connectivity index (χ1) is 9.81. The van der Waals surface area contributed by atoms with Gasteiger partial charge in [-0.1, -0.05) is 12.1 Å². The molecule has 0 aliphatic carbocycles. The third-order valence-electron chi connectivity index (χ3n) is 3.05. The standard InChI is InChI=1S/C14H9N3OS2/c18-14-16-11-3-1-2-4-12(11)20-17(14)9-5-6-10-13(7-9)19-8-15-10/h1-8H,(H,16,18). The molecule has 4 nitrogen and oxygen atoms in total. The maximum Gasteiger partial charge on any atom is 0.336 e. The van der Waals surface area contributed by atoms with Crippen LogP contribution in [0.1, 0.15) is 0 Å². The zero-order chi connectivity index (χ0) is 13.5. The van der Waals surface area contributed by atoms with E-state index in [1.165, 1.54) is 11.9 Å². The van der Waals surface area contributed by atoms with Crippen molar-refractivity contribution in [3.8, 4) is 0 Å². The Morgan fingerprint density at radius 3 is 3.00 bits per heavy atom. The maximum atomic E-state index is 12.2. The van der Waals surface area contributed by atoms with Gasteiger partial charge in [0.15, 0.2) is 0 Å². The van der Waals surface area contributed by atoms with E-state index in [1.807, 2.05) is 48.0 Å². The molecule has 1 aliphatic rings. The highest BCUT2D eigenvalue weighted by Crippen LogP contribution is 2.39. The Kier molecular flexibility index (Phi) is 2.64. The van der Waals surface area contributed by atoms with Gasteiger partial charge in [0.25, 0.3) is 0 Å². The average molecular weight is 299 g/mol. The molecule has 3 aromatic rings. The molecule has 98 valence electrons. The summed E-state index contributed by atoms with van der Waals surface area (Å²) in [5, 5.41) is 2.90. The summed E-state index contributed by atoms with van der Waals surface area (Å²) < 4.78 is 2.75. The van der Waals surface area contributed by atoms with Gasteiger partial charge >= 0.3 is 6.03 Å². The minimum atomic E-state index is -0.127. The van der Waals surface area contributed by atoms with Crippen molar-refractivity contribution in [3.05, 3.63) is 48.0 Å². The molecule has 1 N–H and O–H groups in total. The number of carbonyl (C=O) groups excluding carboxylic acids is 1. The van der Waals surface area contributed by atoms with Crippen molar-refractivity contribution < 1.29 is 4.79 Å². The number of urea groups is 1. The van der Waals surface area contributed by atoms with Crippen LogP contribution in [0.15, 0.2) is 52.9 Å². The summed E-state index contributed by atoms with van der Waals surface area (Å²) in [6.07, 6.45) is 0. The van der Waals surface area contributed by atoms with Gasteiger partial charge in [-0.05, 0) is 42.3 Å². The lowest BCUT2D eigenvalue weighted by Gasteiger charge is -2.27. The predicted molar refractivity (Wildman–Crippen MR) is 83.4 cm³/mol. The highest BCUT2D eigenvalue weighted by Gasteiger charge is 2.25. The zero-order valence-corrected chi connectivity index (χ0v) is 11.9. The number of nitrogens with zero attached hydrogens (tertiary/aromatic N) is 2. The van der Waals surface area contributed by atoms with Gasteiger partial charge in [0, 0.05) is 0 Å². The fourth-order valence-corrected chi connectivity index (χ4v) is 3.71. The predicted octanol–water partition coefficient (Wildman–Crippen LogP) is 4.36. The monoisotopic (exact) mass is 299 g/mol. The number of hydrogen-bond donors (Lipinski definition) is 1. The first kappa shape index (κ1) is 11.7. The number of thiazole rings is 1. The summed E-state index contributed by atoms with van der Waals surface area (Å²) in [4.78, 5) is 17.5. The number of nitrogens with one attached hydrogen (secondary N) is 1. The Morgan fingerprint density at radius 1 is 1.15 bits per heavy atom. The van der Waals surface area contributed by atoms with E-state index in [4.69, 9.17) is 0 Å². The number of benzene rings is 2. The first-order valence-electron chi connectivity index (χ1n) is 6.03. The smallest absolute Gasteiger partial charge is 0.306 e. The Morgan fingerprint density at radius 2 is 2.05 bits per heavy atom. The molecule has 0 saturated carbocycles. The molecule has 0 bridgehead atoms. The highest BCUT2D eigenvalue weighted by molar-refractivity contribution is 8.01. The van der Waals surface area contributed by atoms with Crippen LogP contribution in [0.5, 0.6) is 0 Å². The number of rotatable bonds is 1. The van der Waals surface area contributed by atoms with Crippen molar-refractivity contribution in [2.24, 2.45) is 0 Å². The number of aromatic nitrogens is 1. The fraction of sp³-hybridized carbons (Fsp3) is 0. The lowest BCUT2D eigenvalue weighted by Crippen LogP contribution is -2.32. The van der Waals surface area contributed by atoms with Crippen LogP contribution in [0.25, 0.3) is 10.2 Å². The van der Waals surface area contributed by atoms with Crippen molar-refractivity contribution >= 4 is 50.9 Å². The van der Waals surface area contributed by atoms with Gasteiger partial charge in [0.2, 0.25) is 0 Å². The average Bonchev–Trinajstić information content (AvgIpc) is 2.94. The molecule has 1 aliphatic heterocycles. The van der Waals surface area contributed by atoms with Gasteiger partial charge in [-0.25, -0.2) is 14.1 Å². The quantitative estimate of drug-likeness (QED) is 0.679. The second-order valence-electron chi connectivity index (χ2n) is 4.32. The normalized spacial score (nSPS) is 14.2. The van der Waals surface area contributed by atoms with Crippen molar-refractivity contribution in [3.63, 3.8) is 0 Å². The van der Waals surface area contributed by atoms with Crippen molar-refractivity contribution in [2.45, 2.75) is 4.90 Å². The molecule has 0 fully saturated rings. The Labute approximate surface area is 123 Å². The van der Waals surface area contributed by atoms with Crippen molar-refractivity contribution in [1.29, 1.82) is 0 Å². The van der Waals surface area contributed by atoms with Gasteiger partial charge in [-0.2, -0.15) is 0 Å². The molecule has 4 rings (SSSR count). The number of para-hydroxylation sites is 1. The van der Waals surface area contributed by atoms with Crippen LogP contribution >= 0.6 is 23.3 Å². The van der Waals surface area contributed by atoms with Gasteiger partial charge in [0.1, 0.15) is 0 Å². The minimum Gasteiger partial charge on any atom is -0.306 e. The molecule has 0 unspecified atom stereocenters. The zero-order valence-electron chi connectivity index (χ0n) is 10.2. The van der Waals surface area contributed by atoms with E-state index in [2.05, 4.69) is 10.3 Å². The fourth-order valence-electron chi connectivity index (χ4n) is 2.10. The van der Waals surface area contributed by atoms with Crippen LogP contribution in [0.3, 0.4) is 0 Å². The van der Waals surface area contributed by atoms with Crippen LogP contribution in [0.2, 0.25) is 0 Å². The SMILES string of the molecule is O=C1Nc2ccccc2SN1c1ccc2ncsc2c1. The summed E-state index contributed by atoms with van der Waals surface area (Å²) in [5.74, 6) is 0. The molecule has 0 spiro atoms. The summed E-state index contributed by atoms with van der Waals surface area (Å²) in [7, 11) is 0. The second-order valence-corrected chi connectivity index (χ2v) is 6.19. The summed E-state index contributed by atoms with van der Waals surface area (Å²) in [6, 6.07) is 13.5. The number of amides is 2. The Hall–Kier alpha value is -2.05. The molecular formula is C14H9N3OS2. The van der Waals surface area contributed by atoms with E-state index in [0.29, 0.717) is 0 Å². The molecule has 0 radical (unpaired) electrons. The van der Waals surface area contributed by atoms with Gasteiger partial charge < -0.3 is 5.32 Å². The largest absolute Gasteiger partial charge is 0.336 e. The van der Waals surface area contributed by atoms with Crippen LogP contribution < -0.4 is 9.62 Å². The van der Waals surface area contributed by atoms with Crippen molar-refractivity contribution in [1.82, 2.24) is 4.98 Å². The summed E-state index contributed by atoms with van der Waals surface area (Å²) >= 11 is 3.01.